The highest BCUT2D eigenvalue weighted by Gasteiger charge is 2.28. The third-order valence-corrected chi connectivity index (χ3v) is 4.91. The highest BCUT2D eigenvalue weighted by molar-refractivity contribution is 5.69. The molecule has 0 unspecified atom stereocenters. The summed E-state index contributed by atoms with van der Waals surface area (Å²) in [5.41, 5.74) is 8.07. The van der Waals surface area contributed by atoms with Crippen molar-refractivity contribution in [1.29, 1.82) is 0 Å². The van der Waals surface area contributed by atoms with Crippen LogP contribution < -0.4 is 11.1 Å². The van der Waals surface area contributed by atoms with Crippen LogP contribution in [0.5, 0.6) is 0 Å². The first-order valence-corrected chi connectivity index (χ1v) is 9.54. The van der Waals surface area contributed by atoms with Crippen molar-refractivity contribution in [3.63, 3.8) is 0 Å². The highest BCUT2D eigenvalue weighted by Crippen LogP contribution is 2.39. The highest BCUT2D eigenvalue weighted by atomic mass is 15.4. The van der Waals surface area contributed by atoms with Crippen molar-refractivity contribution >= 4 is 17.6 Å². The molecule has 4 aromatic rings. The molecule has 9 nitrogen and oxygen atoms in total. The van der Waals surface area contributed by atoms with Crippen LogP contribution in [-0.4, -0.2) is 34.5 Å². The van der Waals surface area contributed by atoms with Gasteiger partial charge in [0, 0.05) is 31.4 Å². The average Bonchev–Trinajstić information content (AvgIpc) is 3.40. The van der Waals surface area contributed by atoms with Crippen molar-refractivity contribution in [3.8, 4) is 11.4 Å². The molecule has 0 spiro atoms. The van der Waals surface area contributed by atoms with Crippen molar-refractivity contribution in [1.82, 2.24) is 34.5 Å². The Morgan fingerprint density at radius 1 is 1.14 bits per heavy atom. The second-order valence-corrected chi connectivity index (χ2v) is 7.22. The number of nitrogens with one attached hydrogen (secondary N) is 1. The topological polar surface area (TPSA) is 112 Å². The summed E-state index contributed by atoms with van der Waals surface area (Å²) in [5, 5.41) is 16.3. The summed E-state index contributed by atoms with van der Waals surface area (Å²) in [6, 6.07) is 12.0. The number of aromatic nitrogens is 7. The number of nitrogens with two attached hydrogens (primary N) is 1. The number of hydrogen-bond donors (Lipinski definition) is 2. The van der Waals surface area contributed by atoms with Gasteiger partial charge in [0.15, 0.2) is 11.6 Å². The normalized spacial score (nSPS) is 13.6. The minimum Gasteiger partial charge on any atom is -0.383 e. The van der Waals surface area contributed by atoms with Gasteiger partial charge in [0.2, 0.25) is 5.95 Å². The molecule has 0 amide bonds. The molecule has 0 aliphatic heterocycles. The van der Waals surface area contributed by atoms with Crippen LogP contribution in [0, 0.1) is 0 Å². The van der Waals surface area contributed by atoms with Crippen LogP contribution in [0.15, 0.2) is 48.8 Å². The quantitative estimate of drug-likeness (QED) is 0.523. The number of rotatable bonds is 6. The Kier molecular flexibility index (Phi) is 4.19. The van der Waals surface area contributed by atoms with Crippen molar-refractivity contribution in [2.75, 3.05) is 11.1 Å². The van der Waals surface area contributed by atoms with Crippen molar-refractivity contribution in [3.05, 3.63) is 60.2 Å². The Labute approximate surface area is 167 Å². The summed E-state index contributed by atoms with van der Waals surface area (Å²) >= 11 is 0. The zero-order chi connectivity index (χ0) is 19.8. The number of aryl methyl sites for hydroxylation is 1. The lowest BCUT2D eigenvalue weighted by Crippen LogP contribution is -2.09. The van der Waals surface area contributed by atoms with Crippen LogP contribution in [0.3, 0.4) is 0 Å². The van der Waals surface area contributed by atoms with Gasteiger partial charge in [-0.25, -0.2) is 9.97 Å². The van der Waals surface area contributed by atoms with Gasteiger partial charge in [0.05, 0.1) is 12.1 Å². The Balaban J connectivity index is 1.55. The Morgan fingerprint density at radius 2 is 1.97 bits per heavy atom. The monoisotopic (exact) mass is 387 g/mol. The number of nitrogen functional groups attached to an aromatic ring is 1. The van der Waals surface area contributed by atoms with Crippen molar-refractivity contribution in [2.45, 2.75) is 25.3 Å². The molecular formula is C20H21N9. The fraction of sp³-hybridized carbons (Fsp3) is 0.250. The van der Waals surface area contributed by atoms with Gasteiger partial charge in [-0.2, -0.15) is 5.10 Å². The molecule has 29 heavy (non-hydrogen) atoms. The fourth-order valence-corrected chi connectivity index (χ4v) is 3.23. The van der Waals surface area contributed by atoms with E-state index in [1.54, 1.807) is 10.9 Å². The third kappa shape index (κ3) is 3.54. The SMILES string of the molecule is Cn1ccc(Nc2nnc(-c3cnc(C4CC4)nc3N)n2Cc2ccccc2)n1. The third-order valence-electron chi connectivity index (χ3n) is 4.91. The van der Waals surface area contributed by atoms with Crippen LogP contribution in [-0.2, 0) is 13.6 Å². The summed E-state index contributed by atoms with van der Waals surface area (Å²) in [4.78, 5) is 9.02. The lowest BCUT2D eigenvalue weighted by Gasteiger charge is -2.12. The predicted molar refractivity (Wildman–Crippen MR) is 109 cm³/mol. The van der Waals surface area contributed by atoms with E-state index in [0.29, 0.717) is 41.4 Å². The summed E-state index contributed by atoms with van der Waals surface area (Å²) in [6.07, 6.45) is 5.87. The largest absolute Gasteiger partial charge is 0.383 e. The van der Waals surface area contributed by atoms with E-state index in [2.05, 4.69) is 42.7 Å². The van der Waals surface area contributed by atoms with Crippen LogP contribution in [0.4, 0.5) is 17.6 Å². The molecule has 0 bridgehead atoms. The van der Waals surface area contributed by atoms with E-state index in [-0.39, 0.29) is 0 Å². The molecule has 1 aliphatic rings. The summed E-state index contributed by atoms with van der Waals surface area (Å²) in [5.74, 6) is 3.56. The Morgan fingerprint density at radius 3 is 2.66 bits per heavy atom. The van der Waals surface area contributed by atoms with Crippen molar-refractivity contribution < 1.29 is 0 Å². The summed E-state index contributed by atoms with van der Waals surface area (Å²) < 4.78 is 3.69. The van der Waals surface area contributed by atoms with Gasteiger partial charge in [-0.3, -0.25) is 9.25 Å². The van der Waals surface area contributed by atoms with E-state index in [4.69, 9.17) is 5.73 Å². The van der Waals surface area contributed by atoms with Crippen LogP contribution in [0.2, 0.25) is 0 Å². The first-order valence-electron chi connectivity index (χ1n) is 9.54. The van der Waals surface area contributed by atoms with Crippen molar-refractivity contribution in [2.24, 2.45) is 7.05 Å². The molecule has 3 heterocycles. The first kappa shape index (κ1) is 17.4. The number of anilines is 3. The van der Waals surface area contributed by atoms with E-state index in [1.807, 2.05) is 42.1 Å². The van der Waals surface area contributed by atoms with E-state index >= 15 is 0 Å². The molecule has 1 aromatic carbocycles. The molecule has 1 aliphatic carbocycles. The number of nitrogens with zero attached hydrogens (tertiary/aromatic N) is 7. The lowest BCUT2D eigenvalue weighted by atomic mass is 10.2. The molecule has 0 radical (unpaired) electrons. The molecule has 146 valence electrons. The van der Waals surface area contributed by atoms with Gasteiger partial charge >= 0.3 is 0 Å². The minimum atomic E-state index is 0.424. The summed E-state index contributed by atoms with van der Waals surface area (Å²) in [6.45, 7) is 0.572. The summed E-state index contributed by atoms with van der Waals surface area (Å²) in [7, 11) is 1.87. The van der Waals surface area contributed by atoms with Gasteiger partial charge in [-0.1, -0.05) is 30.3 Å². The maximum atomic E-state index is 6.28. The number of benzene rings is 1. The minimum absolute atomic E-state index is 0.424. The van der Waals surface area contributed by atoms with E-state index in [0.717, 1.165) is 24.2 Å². The smallest absolute Gasteiger partial charge is 0.230 e. The van der Waals surface area contributed by atoms with Crippen LogP contribution in [0.25, 0.3) is 11.4 Å². The molecule has 1 fully saturated rings. The zero-order valence-electron chi connectivity index (χ0n) is 16.0. The second-order valence-electron chi connectivity index (χ2n) is 7.22. The maximum Gasteiger partial charge on any atom is 0.230 e. The Hall–Kier alpha value is -3.75. The lowest BCUT2D eigenvalue weighted by molar-refractivity contribution is 0.767. The maximum absolute atomic E-state index is 6.28. The first-order chi connectivity index (χ1) is 14.2. The molecule has 3 aromatic heterocycles. The second kappa shape index (κ2) is 7.01. The molecule has 9 heteroatoms. The van der Waals surface area contributed by atoms with Crippen LogP contribution >= 0.6 is 0 Å². The molecule has 0 atom stereocenters. The van der Waals surface area contributed by atoms with Gasteiger partial charge < -0.3 is 11.1 Å². The van der Waals surface area contributed by atoms with Gasteiger partial charge in [-0.05, 0) is 18.4 Å². The standard InChI is InChI=1S/C20H21N9/c1-28-10-9-16(27-28)23-20-26-25-19(29(20)12-13-5-3-2-4-6-13)15-11-22-18(14-7-8-14)24-17(15)21/h2-6,9-11,14H,7-8,12H2,1H3,(H2,21,22,24)(H,23,26,27). The van der Waals surface area contributed by atoms with Gasteiger partial charge in [0.1, 0.15) is 11.6 Å². The average molecular weight is 387 g/mol. The molecule has 0 saturated heterocycles. The zero-order valence-corrected chi connectivity index (χ0v) is 16.0. The number of hydrogen-bond acceptors (Lipinski definition) is 7. The molecular weight excluding hydrogens is 366 g/mol. The molecule has 5 rings (SSSR count). The molecule has 3 N–H and O–H groups in total. The fourth-order valence-electron chi connectivity index (χ4n) is 3.23. The van der Waals surface area contributed by atoms with Crippen LogP contribution in [0.1, 0.15) is 30.1 Å². The van der Waals surface area contributed by atoms with E-state index in [1.165, 1.54) is 0 Å². The van der Waals surface area contributed by atoms with Gasteiger partial charge in [0.25, 0.3) is 0 Å². The predicted octanol–water partition coefficient (Wildman–Crippen LogP) is 2.72. The van der Waals surface area contributed by atoms with E-state index < -0.39 is 0 Å². The van der Waals surface area contributed by atoms with E-state index in [9.17, 15) is 0 Å². The van der Waals surface area contributed by atoms with Gasteiger partial charge in [-0.15, -0.1) is 10.2 Å². The molecule has 1 saturated carbocycles. The Bertz CT molecular complexity index is 1140.